The molecule has 17 heavy (non-hydrogen) atoms. The summed E-state index contributed by atoms with van der Waals surface area (Å²) in [6.45, 7) is 2.33. The number of nitrogens with two attached hydrogens (primary N) is 2. The molecule has 1 heterocycles. The first-order valence-corrected chi connectivity index (χ1v) is 6.32. The Balaban J connectivity index is 2.08. The molecule has 0 amide bonds. The van der Waals surface area contributed by atoms with Crippen LogP contribution in [0, 0.1) is 5.92 Å². The standard InChI is InChI=1S/C13H22N4/c1-9-3-5-10(6-4-9)17(2)12-8-7-11(14)13(15)16-12/h7-10H,3-6,14H2,1-2H3,(H2,15,16). The Morgan fingerprint density at radius 1 is 1.18 bits per heavy atom. The van der Waals surface area contributed by atoms with Gasteiger partial charge < -0.3 is 16.4 Å². The fraction of sp³-hybridized carbons (Fsp3) is 0.615. The van der Waals surface area contributed by atoms with Crippen LogP contribution < -0.4 is 16.4 Å². The summed E-state index contributed by atoms with van der Waals surface area (Å²) in [5.74, 6) is 2.22. The van der Waals surface area contributed by atoms with Crippen molar-refractivity contribution in [1.29, 1.82) is 0 Å². The van der Waals surface area contributed by atoms with Gasteiger partial charge in [-0.1, -0.05) is 6.92 Å². The third-order valence-electron chi connectivity index (χ3n) is 3.84. The van der Waals surface area contributed by atoms with Gasteiger partial charge in [0.15, 0.2) is 0 Å². The van der Waals surface area contributed by atoms with Crippen LogP contribution in [0.3, 0.4) is 0 Å². The monoisotopic (exact) mass is 234 g/mol. The minimum atomic E-state index is 0.429. The first-order valence-electron chi connectivity index (χ1n) is 6.32. The number of nitrogen functional groups attached to an aromatic ring is 2. The van der Waals surface area contributed by atoms with Crippen LogP contribution in [0.2, 0.25) is 0 Å². The van der Waals surface area contributed by atoms with Crippen LogP contribution in [0.5, 0.6) is 0 Å². The molecule has 1 aromatic rings. The van der Waals surface area contributed by atoms with Crippen molar-refractivity contribution in [2.45, 2.75) is 38.6 Å². The van der Waals surface area contributed by atoms with Crippen LogP contribution in [-0.4, -0.2) is 18.1 Å². The van der Waals surface area contributed by atoms with Crippen LogP contribution in [0.25, 0.3) is 0 Å². The second-order valence-electron chi connectivity index (χ2n) is 5.17. The number of anilines is 3. The molecular formula is C13H22N4. The Morgan fingerprint density at radius 3 is 2.41 bits per heavy atom. The fourth-order valence-corrected chi connectivity index (χ4v) is 2.49. The van der Waals surface area contributed by atoms with Crippen molar-refractivity contribution >= 4 is 17.3 Å². The first-order chi connectivity index (χ1) is 8.08. The van der Waals surface area contributed by atoms with E-state index in [1.807, 2.05) is 12.1 Å². The smallest absolute Gasteiger partial charge is 0.149 e. The summed E-state index contributed by atoms with van der Waals surface area (Å²) in [4.78, 5) is 6.58. The summed E-state index contributed by atoms with van der Waals surface area (Å²) in [5.41, 5.74) is 12.0. The third-order valence-corrected chi connectivity index (χ3v) is 3.84. The molecule has 1 aromatic heterocycles. The predicted octanol–water partition coefficient (Wildman–Crippen LogP) is 2.26. The van der Waals surface area contributed by atoms with E-state index in [1.165, 1.54) is 25.7 Å². The van der Waals surface area contributed by atoms with Crippen molar-refractivity contribution in [3.8, 4) is 0 Å². The van der Waals surface area contributed by atoms with E-state index in [-0.39, 0.29) is 0 Å². The quantitative estimate of drug-likeness (QED) is 0.823. The highest BCUT2D eigenvalue weighted by Crippen LogP contribution is 2.29. The molecule has 4 N–H and O–H groups in total. The van der Waals surface area contributed by atoms with E-state index < -0.39 is 0 Å². The van der Waals surface area contributed by atoms with Gasteiger partial charge in [-0.25, -0.2) is 4.98 Å². The van der Waals surface area contributed by atoms with Gasteiger partial charge >= 0.3 is 0 Å². The molecule has 1 saturated carbocycles. The van der Waals surface area contributed by atoms with Crippen LogP contribution in [0.4, 0.5) is 17.3 Å². The Bertz CT molecular complexity index is 383. The Morgan fingerprint density at radius 2 is 1.82 bits per heavy atom. The molecule has 2 rings (SSSR count). The molecule has 1 aliphatic rings. The lowest BCUT2D eigenvalue weighted by Crippen LogP contribution is -2.35. The lowest BCUT2D eigenvalue weighted by atomic mass is 9.87. The number of hydrogen-bond donors (Lipinski definition) is 2. The summed E-state index contributed by atoms with van der Waals surface area (Å²) in [6.07, 6.45) is 5.09. The molecule has 1 fully saturated rings. The molecule has 4 nitrogen and oxygen atoms in total. The van der Waals surface area contributed by atoms with Crippen molar-refractivity contribution in [2.75, 3.05) is 23.4 Å². The van der Waals surface area contributed by atoms with E-state index >= 15 is 0 Å². The second kappa shape index (κ2) is 4.82. The predicted molar refractivity (Wildman–Crippen MR) is 72.9 cm³/mol. The number of pyridine rings is 1. The van der Waals surface area contributed by atoms with E-state index in [0.29, 0.717) is 17.5 Å². The molecule has 4 heteroatoms. The van der Waals surface area contributed by atoms with E-state index in [0.717, 1.165) is 11.7 Å². The molecule has 0 atom stereocenters. The highest BCUT2D eigenvalue weighted by molar-refractivity contribution is 5.62. The molecule has 0 unspecified atom stereocenters. The Labute approximate surface area is 103 Å². The highest BCUT2D eigenvalue weighted by atomic mass is 15.2. The van der Waals surface area contributed by atoms with Gasteiger partial charge in [-0.15, -0.1) is 0 Å². The zero-order valence-corrected chi connectivity index (χ0v) is 10.7. The molecule has 0 saturated heterocycles. The van der Waals surface area contributed by atoms with Crippen molar-refractivity contribution in [3.05, 3.63) is 12.1 Å². The lowest BCUT2D eigenvalue weighted by Gasteiger charge is -2.34. The second-order valence-corrected chi connectivity index (χ2v) is 5.17. The highest BCUT2D eigenvalue weighted by Gasteiger charge is 2.22. The summed E-state index contributed by atoms with van der Waals surface area (Å²) >= 11 is 0. The molecule has 0 bridgehead atoms. The van der Waals surface area contributed by atoms with Crippen molar-refractivity contribution < 1.29 is 0 Å². The van der Waals surface area contributed by atoms with E-state index in [4.69, 9.17) is 11.5 Å². The Hall–Kier alpha value is -1.45. The van der Waals surface area contributed by atoms with Gasteiger partial charge in [0.25, 0.3) is 0 Å². The maximum Gasteiger partial charge on any atom is 0.149 e. The van der Waals surface area contributed by atoms with Crippen LogP contribution in [0.1, 0.15) is 32.6 Å². The maximum atomic E-state index is 5.75. The number of nitrogens with zero attached hydrogens (tertiary/aromatic N) is 2. The van der Waals surface area contributed by atoms with Crippen LogP contribution in [0.15, 0.2) is 12.1 Å². The van der Waals surface area contributed by atoms with Crippen LogP contribution >= 0.6 is 0 Å². The molecule has 0 aliphatic heterocycles. The van der Waals surface area contributed by atoms with Gasteiger partial charge in [0.2, 0.25) is 0 Å². The van der Waals surface area contributed by atoms with E-state index in [9.17, 15) is 0 Å². The molecule has 94 valence electrons. The van der Waals surface area contributed by atoms with Gasteiger partial charge in [0.1, 0.15) is 11.6 Å². The van der Waals surface area contributed by atoms with Gasteiger partial charge in [0.05, 0.1) is 5.69 Å². The minimum absolute atomic E-state index is 0.429. The molecular weight excluding hydrogens is 212 g/mol. The normalized spacial score (nSPS) is 24.6. The largest absolute Gasteiger partial charge is 0.396 e. The van der Waals surface area contributed by atoms with Crippen molar-refractivity contribution in [2.24, 2.45) is 5.92 Å². The maximum absolute atomic E-state index is 5.75. The molecule has 0 aromatic carbocycles. The lowest BCUT2D eigenvalue weighted by molar-refractivity contribution is 0.340. The SMILES string of the molecule is CC1CCC(N(C)c2ccc(N)c(N)n2)CC1. The topological polar surface area (TPSA) is 68.2 Å². The van der Waals surface area contributed by atoms with E-state index in [1.54, 1.807) is 0 Å². The van der Waals surface area contributed by atoms with Crippen molar-refractivity contribution in [1.82, 2.24) is 4.98 Å². The number of aromatic nitrogens is 1. The zero-order chi connectivity index (χ0) is 12.4. The van der Waals surface area contributed by atoms with Gasteiger partial charge in [-0.05, 0) is 43.7 Å². The zero-order valence-electron chi connectivity index (χ0n) is 10.7. The molecule has 0 radical (unpaired) electrons. The fourth-order valence-electron chi connectivity index (χ4n) is 2.49. The molecule has 0 spiro atoms. The summed E-state index contributed by atoms with van der Waals surface area (Å²) in [7, 11) is 2.10. The summed E-state index contributed by atoms with van der Waals surface area (Å²) in [6, 6.07) is 4.37. The summed E-state index contributed by atoms with van der Waals surface area (Å²) < 4.78 is 0. The number of rotatable bonds is 2. The average Bonchev–Trinajstić information content (AvgIpc) is 2.33. The average molecular weight is 234 g/mol. The molecule has 1 aliphatic carbocycles. The summed E-state index contributed by atoms with van der Waals surface area (Å²) in [5, 5.41) is 0. The van der Waals surface area contributed by atoms with Gasteiger partial charge in [-0.3, -0.25) is 0 Å². The van der Waals surface area contributed by atoms with Crippen LogP contribution in [-0.2, 0) is 0 Å². The van der Waals surface area contributed by atoms with Gasteiger partial charge in [-0.2, -0.15) is 0 Å². The first kappa shape index (κ1) is 12.0. The third kappa shape index (κ3) is 2.62. The van der Waals surface area contributed by atoms with Gasteiger partial charge in [0, 0.05) is 13.1 Å². The number of hydrogen-bond acceptors (Lipinski definition) is 4. The van der Waals surface area contributed by atoms with E-state index in [2.05, 4.69) is 23.9 Å². The minimum Gasteiger partial charge on any atom is -0.396 e. The van der Waals surface area contributed by atoms with Crippen molar-refractivity contribution in [3.63, 3.8) is 0 Å². The Kier molecular flexibility index (Phi) is 3.41.